The van der Waals surface area contributed by atoms with Gasteiger partial charge in [0.05, 0.1) is 11.1 Å². The fourth-order valence-corrected chi connectivity index (χ4v) is 2.42. The van der Waals surface area contributed by atoms with Crippen molar-refractivity contribution in [3.63, 3.8) is 0 Å². The molecule has 0 heterocycles. The summed E-state index contributed by atoms with van der Waals surface area (Å²) in [6.07, 6.45) is 0.755. The molecule has 0 spiro atoms. The monoisotopic (exact) mass is 509 g/mol. The van der Waals surface area contributed by atoms with Gasteiger partial charge in [-0.1, -0.05) is 6.58 Å². The summed E-state index contributed by atoms with van der Waals surface area (Å²) in [6.45, 7) is 2.55. The van der Waals surface area contributed by atoms with Crippen LogP contribution in [0.3, 0.4) is 0 Å². The molecule has 0 saturated heterocycles. The van der Waals surface area contributed by atoms with Crippen molar-refractivity contribution in [2.24, 2.45) is 0 Å². The molecule has 1 rings (SSSR count). The Balaban J connectivity index is 2.80. The van der Waals surface area contributed by atoms with Crippen LogP contribution < -0.4 is 0 Å². The van der Waals surface area contributed by atoms with Crippen LogP contribution in [0.1, 0.15) is 31.1 Å². The summed E-state index contributed by atoms with van der Waals surface area (Å²) >= 11 is 1.45. The summed E-state index contributed by atoms with van der Waals surface area (Å²) in [5.74, 6) is -2.30. The summed E-state index contributed by atoms with van der Waals surface area (Å²) in [5, 5.41) is 0. The molecule has 27 heavy (non-hydrogen) atoms. The van der Waals surface area contributed by atoms with E-state index in [1.165, 1.54) is 40.8 Å². The lowest BCUT2D eigenvalue weighted by Crippen LogP contribution is -2.16. The molecule has 1 unspecified atom stereocenters. The van der Waals surface area contributed by atoms with Gasteiger partial charge < -0.3 is 14.2 Å². The van der Waals surface area contributed by atoms with Crippen LogP contribution in [0, 0.1) is 0 Å². The Hall–Kier alpha value is -2.17. The number of hydrogen-bond acceptors (Lipinski definition) is 8. The molecule has 9 nitrogen and oxygen atoms in total. The Morgan fingerprint density at radius 1 is 1.04 bits per heavy atom. The van der Waals surface area contributed by atoms with Crippen molar-refractivity contribution in [3.05, 3.63) is 47.5 Å². The molecule has 0 bridgehead atoms. The molecule has 0 radical (unpaired) electrons. The summed E-state index contributed by atoms with van der Waals surface area (Å²) < 4.78 is 24.5. The largest absolute Gasteiger partial charge is 0.509 e. The number of carbonyl (C=O) groups is 4. The summed E-state index contributed by atoms with van der Waals surface area (Å²) in [4.78, 5) is 55.3. The van der Waals surface area contributed by atoms with Crippen molar-refractivity contribution in [2.45, 2.75) is 0 Å². The molecular weight excluding hydrogens is 494 g/mol. The van der Waals surface area contributed by atoms with E-state index < -0.39 is 29.7 Å². The van der Waals surface area contributed by atoms with Crippen molar-refractivity contribution in [2.75, 3.05) is 26.0 Å². The molecule has 1 aromatic carbocycles. The van der Waals surface area contributed by atoms with E-state index in [1.54, 1.807) is 0 Å². The molecule has 11 heteroatoms. The van der Waals surface area contributed by atoms with Crippen molar-refractivity contribution in [1.29, 1.82) is 0 Å². The highest BCUT2D eigenvalue weighted by Crippen LogP contribution is 2.18. The molecule has 0 saturated carbocycles. The van der Waals surface area contributed by atoms with Gasteiger partial charge in [-0.2, -0.15) is 4.89 Å². The first-order valence-electron chi connectivity index (χ1n) is 7.37. The fourth-order valence-electron chi connectivity index (χ4n) is 1.72. The number of halogens is 1. The molecule has 1 N–H and O–H groups in total. The van der Waals surface area contributed by atoms with E-state index in [0.717, 1.165) is 6.08 Å². The molecule has 0 fully saturated rings. The summed E-state index contributed by atoms with van der Waals surface area (Å²) in [7, 11) is -2.42. The lowest BCUT2D eigenvalue weighted by Gasteiger charge is -2.09. The van der Waals surface area contributed by atoms with Gasteiger partial charge in [0.2, 0.25) is 9.95 Å². The Kier molecular flexibility index (Phi) is 9.76. The average Bonchev–Trinajstić information content (AvgIpc) is 2.63. The van der Waals surface area contributed by atoms with Crippen molar-refractivity contribution >= 4 is 52.3 Å². The summed E-state index contributed by atoms with van der Waals surface area (Å²) in [6, 6.07) is 3.66. The van der Waals surface area contributed by atoms with E-state index >= 15 is 0 Å². The predicted octanol–water partition coefficient (Wildman–Crippen LogP) is 2.04. The molecule has 144 valence electrons. The fraction of sp³-hybridized carbons (Fsp3) is 0.250. The number of benzene rings is 1. The normalized spacial score (nSPS) is 10.5. The first-order valence-corrected chi connectivity index (χ1v) is 9.84. The van der Waals surface area contributed by atoms with Crippen LogP contribution in [0.5, 0.6) is 0 Å². The maximum absolute atomic E-state index is 12.1. The van der Waals surface area contributed by atoms with Gasteiger partial charge >= 0.3 is 25.9 Å². The second kappa shape index (κ2) is 11.5. The first kappa shape index (κ1) is 22.9. The van der Waals surface area contributed by atoms with E-state index in [9.17, 15) is 23.7 Å². The standard InChI is InChI=1S/C16H14IO9P/c1-2-13(18)24-5-6-25-16(21)11-4-3-10(9-12(11)14(17)19)15(20)26-7-8-27(22)23/h2-4,9H,1,5-8H2/p+1. The highest BCUT2D eigenvalue weighted by molar-refractivity contribution is 14.1. The molecule has 0 amide bonds. The number of esters is 3. The van der Waals surface area contributed by atoms with Crippen molar-refractivity contribution < 1.29 is 42.8 Å². The highest BCUT2D eigenvalue weighted by atomic mass is 127. The third-order valence-corrected chi connectivity index (χ3v) is 4.08. The van der Waals surface area contributed by atoms with Crippen LogP contribution >= 0.6 is 30.6 Å². The minimum Gasteiger partial charge on any atom is -0.459 e. The Morgan fingerprint density at radius 3 is 2.26 bits per heavy atom. The first-order chi connectivity index (χ1) is 12.8. The molecular formula is C16H15IO9P+. The Bertz CT molecular complexity index is 775. The topological polar surface area (TPSA) is 133 Å². The van der Waals surface area contributed by atoms with E-state index in [-0.39, 0.29) is 42.7 Å². The Labute approximate surface area is 168 Å². The smallest absolute Gasteiger partial charge is 0.459 e. The number of hydrogen-bond donors (Lipinski definition) is 1. The van der Waals surface area contributed by atoms with E-state index in [2.05, 4.69) is 11.3 Å². The van der Waals surface area contributed by atoms with E-state index in [0.29, 0.717) is 0 Å². The number of ether oxygens (including phenoxy) is 3. The van der Waals surface area contributed by atoms with Crippen LogP contribution in [-0.2, 0) is 23.6 Å². The Morgan fingerprint density at radius 2 is 1.67 bits per heavy atom. The van der Waals surface area contributed by atoms with Gasteiger partial charge in [-0.3, -0.25) is 4.79 Å². The zero-order chi connectivity index (χ0) is 20.4. The van der Waals surface area contributed by atoms with Gasteiger partial charge in [0, 0.05) is 34.2 Å². The van der Waals surface area contributed by atoms with Crippen LogP contribution in [-0.4, -0.2) is 52.6 Å². The van der Waals surface area contributed by atoms with E-state index in [4.69, 9.17) is 14.4 Å². The third kappa shape index (κ3) is 7.94. The van der Waals surface area contributed by atoms with Crippen molar-refractivity contribution in [1.82, 2.24) is 0 Å². The lowest BCUT2D eigenvalue weighted by atomic mass is 10.0. The zero-order valence-corrected chi connectivity index (χ0v) is 16.9. The van der Waals surface area contributed by atoms with Gasteiger partial charge in [0.1, 0.15) is 19.8 Å². The molecule has 0 aliphatic carbocycles. The number of rotatable bonds is 10. The minimum absolute atomic E-state index is 0.000328. The molecule has 0 aromatic heterocycles. The molecule has 0 aliphatic rings. The van der Waals surface area contributed by atoms with Crippen LogP contribution in [0.4, 0.5) is 0 Å². The van der Waals surface area contributed by atoms with Crippen LogP contribution in [0.15, 0.2) is 30.9 Å². The van der Waals surface area contributed by atoms with Gasteiger partial charge in [-0.15, -0.1) is 0 Å². The lowest BCUT2D eigenvalue weighted by molar-refractivity contribution is -0.138. The zero-order valence-electron chi connectivity index (χ0n) is 13.9. The van der Waals surface area contributed by atoms with Gasteiger partial charge in [0.25, 0.3) is 0 Å². The van der Waals surface area contributed by atoms with Gasteiger partial charge in [-0.25, -0.2) is 14.4 Å². The maximum atomic E-state index is 12.1. The van der Waals surface area contributed by atoms with Gasteiger partial charge in [-0.05, 0) is 22.8 Å². The maximum Gasteiger partial charge on any atom is 0.509 e. The average molecular weight is 509 g/mol. The van der Waals surface area contributed by atoms with Crippen molar-refractivity contribution in [3.8, 4) is 0 Å². The SMILES string of the molecule is C=CC(=O)OCCOC(=O)c1ccc(C(=O)OCC[P+](=O)O)cc1C(=O)I. The van der Waals surface area contributed by atoms with Crippen LogP contribution in [0.2, 0.25) is 0 Å². The van der Waals surface area contributed by atoms with Gasteiger partial charge in [0.15, 0.2) is 0 Å². The molecule has 1 atom stereocenters. The molecule has 1 aromatic rings. The highest BCUT2D eigenvalue weighted by Gasteiger charge is 2.20. The second-order valence-corrected chi connectivity index (χ2v) is 6.88. The predicted molar refractivity (Wildman–Crippen MR) is 101 cm³/mol. The molecule has 0 aliphatic heterocycles. The minimum atomic E-state index is -2.42. The number of carbonyl (C=O) groups excluding carboxylic acids is 4. The quantitative estimate of drug-likeness (QED) is 0.0957. The second-order valence-electron chi connectivity index (χ2n) is 4.75. The van der Waals surface area contributed by atoms with Crippen LogP contribution in [0.25, 0.3) is 0 Å². The van der Waals surface area contributed by atoms with E-state index in [1.807, 2.05) is 0 Å². The summed E-state index contributed by atoms with van der Waals surface area (Å²) in [5.41, 5.74) is -0.134. The third-order valence-electron chi connectivity index (χ3n) is 2.93.